The molecule has 0 aliphatic carbocycles. The molecule has 1 heterocycles. The van der Waals surface area contributed by atoms with Gasteiger partial charge in [-0.25, -0.2) is 4.79 Å². The van der Waals surface area contributed by atoms with E-state index in [0.717, 1.165) is 9.13 Å². The summed E-state index contributed by atoms with van der Waals surface area (Å²) >= 11 is 6.20. The number of halogens is 1. The summed E-state index contributed by atoms with van der Waals surface area (Å²) in [6.45, 7) is -1.02. The van der Waals surface area contributed by atoms with E-state index in [1.165, 1.54) is 39.5 Å². The molecular weight excluding hydrogens is 528 g/mol. The van der Waals surface area contributed by atoms with E-state index < -0.39 is 36.2 Å². The predicted molar refractivity (Wildman–Crippen MR) is 147 cm³/mol. The summed E-state index contributed by atoms with van der Waals surface area (Å²) in [5.41, 5.74) is -0.547. The Kier molecular flexibility index (Phi) is 8.21. The minimum Gasteiger partial charge on any atom is -0.497 e. The summed E-state index contributed by atoms with van der Waals surface area (Å²) in [5.74, 6) is -0.0213. The summed E-state index contributed by atoms with van der Waals surface area (Å²) in [4.78, 5) is 52.4. The van der Waals surface area contributed by atoms with Crippen LogP contribution in [0, 0.1) is 0 Å². The van der Waals surface area contributed by atoms with Crippen LogP contribution in [0.1, 0.15) is 0 Å². The largest absolute Gasteiger partial charge is 0.497 e. The van der Waals surface area contributed by atoms with E-state index >= 15 is 0 Å². The van der Waals surface area contributed by atoms with Crippen LogP contribution in [0.2, 0.25) is 5.02 Å². The van der Waals surface area contributed by atoms with Crippen molar-refractivity contribution in [2.75, 3.05) is 32.0 Å². The standard InChI is InChI=1S/C27H25ClN4O7/c1-37-17-8-6-7-16(11-17)29-24(33)15-32-26(35)18-9-4-5-10-21(18)31(27(32)36)14-25(34)30-20-12-19(28)22(38-2)13-23(20)39-3/h4-13H,14-15H2,1-3H3,(H,29,33)(H,30,34). The van der Waals surface area contributed by atoms with Crippen LogP contribution in [0.25, 0.3) is 10.9 Å². The Morgan fingerprint density at radius 1 is 0.795 bits per heavy atom. The summed E-state index contributed by atoms with van der Waals surface area (Å²) < 4.78 is 17.5. The predicted octanol–water partition coefficient (Wildman–Crippen LogP) is 3.12. The van der Waals surface area contributed by atoms with E-state index in [0.29, 0.717) is 22.9 Å². The number of nitrogens with zero attached hydrogens (tertiary/aromatic N) is 2. The van der Waals surface area contributed by atoms with Gasteiger partial charge in [-0.3, -0.25) is 23.5 Å². The van der Waals surface area contributed by atoms with Gasteiger partial charge in [0.05, 0.1) is 42.9 Å². The number of benzene rings is 3. The number of rotatable bonds is 9. The van der Waals surface area contributed by atoms with Gasteiger partial charge >= 0.3 is 5.69 Å². The molecule has 1 aromatic heterocycles. The molecule has 4 aromatic rings. The number of para-hydroxylation sites is 1. The molecule has 4 rings (SSSR count). The van der Waals surface area contributed by atoms with Gasteiger partial charge in [-0.2, -0.15) is 0 Å². The third-order valence-corrected chi connectivity index (χ3v) is 6.13. The number of ether oxygens (including phenoxy) is 3. The van der Waals surface area contributed by atoms with E-state index in [4.69, 9.17) is 25.8 Å². The molecule has 0 saturated carbocycles. The number of aromatic nitrogens is 2. The number of hydrogen-bond acceptors (Lipinski definition) is 7. The van der Waals surface area contributed by atoms with Crippen molar-refractivity contribution in [2.45, 2.75) is 13.1 Å². The lowest BCUT2D eigenvalue weighted by Crippen LogP contribution is -2.44. The van der Waals surface area contributed by atoms with Crippen molar-refractivity contribution < 1.29 is 23.8 Å². The third-order valence-electron chi connectivity index (χ3n) is 5.84. The smallest absolute Gasteiger partial charge is 0.332 e. The number of anilines is 2. The Labute approximate surface area is 227 Å². The SMILES string of the molecule is COc1cccc(NC(=O)Cn2c(=O)c3ccccc3n(CC(=O)Nc3cc(Cl)c(OC)cc3OC)c2=O)c1. The highest BCUT2D eigenvalue weighted by Gasteiger charge is 2.19. The lowest BCUT2D eigenvalue weighted by Gasteiger charge is -2.16. The first-order chi connectivity index (χ1) is 18.7. The van der Waals surface area contributed by atoms with E-state index in [1.807, 2.05) is 0 Å². The van der Waals surface area contributed by atoms with Crippen molar-refractivity contribution in [1.82, 2.24) is 9.13 Å². The van der Waals surface area contributed by atoms with Gasteiger partial charge in [0, 0.05) is 17.8 Å². The Balaban J connectivity index is 1.66. The van der Waals surface area contributed by atoms with Crippen LogP contribution in [0.15, 0.2) is 70.3 Å². The highest BCUT2D eigenvalue weighted by Crippen LogP contribution is 2.35. The molecule has 0 aliphatic heterocycles. The van der Waals surface area contributed by atoms with E-state index in [1.54, 1.807) is 42.5 Å². The molecule has 0 spiro atoms. The van der Waals surface area contributed by atoms with Gasteiger partial charge < -0.3 is 24.8 Å². The van der Waals surface area contributed by atoms with Gasteiger partial charge in [0.25, 0.3) is 5.56 Å². The zero-order valence-electron chi connectivity index (χ0n) is 21.3. The Morgan fingerprint density at radius 3 is 2.21 bits per heavy atom. The maximum absolute atomic E-state index is 13.4. The number of nitrogens with one attached hydrogen (secondary N) is 2. The van der Waals surface area contributed by atoms with Crippen LogP contribution >= 0.6 is 11.6 Å². The lowest BCUT2D eigenvalue weighted by molar-refractivity contribution is -0.117. The van der Waals surface area contributed by atoms with Crippen LogP contribution in [-0.4, -0.2) is 42.3 Å². The van der Waals surface area contributed by atoms with Gasteiger partial charge in [-0.15, -0.1) is 0 Å². The highest BCUT2D eigenvalue weighted by atomic mass is 35.5. The van der Waals surface area contributed by atoms with Crippen molar-refractivity contribution in [3.63, 3.8) is 0 Å². The number of carbonyl (C=O) groups is 2. The normalized spacial score (nSPS) is 10.7. The molecule has 0 bridgehead atoms. The van der Waals surface area contributed by atoms with Crippen molar-refractivity contribution in [2.24, 2.45) is 0 Å². The van der Waals surface area contributed by atoms with Crippen LogP contribution in [0.4, 0.5) is 11.4 Å². The molecule has 11 nitrogen and oxygen atoms in total. The second kappa shape index (κ2) is 11.7. The molecule has 0 aliphatic rings. The van der Waals surface area contributed by atoms with E-state index in [2.05, 4.69) is 10.6 Å². The van der Waals surface area contributed by atoms with Gasteiger partial charge in [0.2, 0.25) is 11.8 Å². The Bertz CT molecular complexity index is 1680. The van der Waals surface area contributed by atoms with Gasteiger partial charge in [0.1, 0.15) is 30.3 Å². The number of amides is 2. The quantitative estimate of drug-likeness (QED) is 0.326. The van der Waals surface area contributed by atoms with E-state index in [-0.39, 0.29) is 21.6 Å². The van der Waals surface area contributed by atoms with Gasteiger partial charge in [0.15, 0.2) is 0 Å². The monoisotopic (exact) mass is 552 g/mol. The van der Waals surface area contributed by atoms with Crippen molar-refractivity contribution in [1.29, 1.82) is 0 Å². The summed E-state index contributed by atoms with van der Waals surface area (Å²) in [5, 5.41) is 5.73. The van der Waals surface area contributed by atoms with Crippen LogP contribution in [-0.2, 0) is 22.7 Å². The fourth-order valence-corrected chi connectivity index (χ4v) is 4.24. The Morgan fingerprint density at radius 2 is 1.49 bits per heavy atom. The zero-order chi connectivity index (χ0) is 28.1. The Hall–Kier alpha value is -4.77. The number of methoxy groups -OCH3 is 3. The summed E-state index contributed by atoms with van der Waals surface area (Å²) in [6.07, 6.45) is 0. The molecule has 0 fully saturated rings. The maximum atomic E-state index is 13.4. The van der Waals surface area contributed by atoms with Crippen LogP contribution in [0.3, 0.4) is 0 Å². The molecule has 0 radical (unpaired) electrons. The molecule has 2 N–H and O–H groups in total. The molecule has 3 aromatic carbocycles. The van der Waals surface area contributed by atoms with Gasteiger partial charge in [-0.05, 0) is 30.3 Å². The van der Waals surface area contributed by atoms with Crippen molar-refractivity contribution in [3.05, 3.63) is 86.5 Å². The summed E-state index contributed by atoms with van der Waals surface area (Å²) in [6, 6.07) is 16.0. The number of fused-ring (bicyclic) bond motifs is 1. The first-order valence-electron chi connectivity index (χ1n) is 11.6. The average molecular weight is 553 g/mol. The molecule has 0 atom stereocenters. The molecule has 0 saturated heterocycles. The summed E-state index contributed by atoms with van der Waals surface area (Å²) in [7, 11) is 4.36. The molecule has 202 valence electrons. The maximum Gasteiger partial charge on any atom is 0.332 e. The van der Waals surface area contributed by atoms with Gasteiger partial charge in [-0.1, -0.05) is 29.8 Å². The first kappa shape index (κ1) is 27.3. The molecule has 2 amide bonds. The van der Waals surface area contributed by atoms with E-state index in [9.17, 15) is 19.2 Å². The minimum atomic E-state index is -0.825. The number of hydrogen-bond donors (Lipinski definition) is 2. The zero-order valence-corrected chi connectivity index (χ0v) is 22.1. The first-order valence-corrected chi connectivity index (χ1v) is 12.0. The van der Waals surface area contributed by atoms with Crippen molar-refractivity contribution in [3.8, 4) is 17.2 Å². The van der Waals surface area contributed by atoms with Crippen molar-refractivity contribution >= 4 is 45.7 Å². The number of carbonyl (C=O) groups excluding carboxylic acids is 2. The second-order valence-electron chi connectivity index (χ2n) is 8.29. The van der Waals surface area contributed by atoms with Crippen LogP contribution in [0.5, 0.6) is 17.2 Å². The third kappa shape index (κ3) is 5.88. The highest BCUT2D eigenvalue weighted by molar-refractivity contribution is 6.32. The lowest BCUT2D eigenvalue weighted by atomic mass is 10.2. The molecule has 39 heavy (non-hydrogen) atoms. The molecular formula is C27H25ClN4O7. The molecule has 0 unspecified atom stereocenters. The average Bonchev–Trinajstić information content (AvgIpc) is 2.93. The fraction of sp³-hybridized carbons (Fsp3) is 0.185. The second-order valence-corrected chi connectivity index (χ2v) is 8.70. The minimum absolute atomic E-state index is 0.171. The fourth-order valence-electron chi connectivity index (χ4n) is 4.00. The molecule has 12 heteroatoms. The topological polar surface area (TPSA) is 130 Å². The van der Waals surface area contributed by atoms with Crippen LogP contribution < -0.4 is 36.1 Å².